The van der Waals surface area contributed by atoms with Crippen molar-refractivity contribution in [2.24, 2.45) is 0 Å². The van der Waals surface area contributed by atoms with Crippen LogP contribution in [0.2, 0.25) is 5.02 Å². The van der Waals surface area contributed by atoms with Gasteiger partial charge in [-0.05, 0) is 45.0 Å². The molecule has 16 heavy (non-hydrogen) atoms. The summed E-state index contributed by atoms with van der Waals surface area (Å²) in [5, 5.41) is 4.00. The highest BCUT2D eigenvalue weighted by Crippen LogP contribution is 2.18. The van der Waals surface area contributed by atoms with Crippen LogP contribution in [0, 0.1) is 0 Å². The molecule has 1 N–H and O–H groups in total. The predicted molar refractivity (Wildman–Crippen MR) is 68.0 cm³/mol. The third-order valence-corrected chi connectivity index (χ3v) is 3.39. The van der Waals surface area contributed by atoms with E-state index < -0.39 is 0 Å². The van der Waals surface area contributed by atoms with Crippen LogP contribution in [0.4, 0.5) is 5.82 Å². The van der Waals surface area contributed by atoms with Crippen molar-refractivity contribution in [2.75, 3.05) is 25.0 Å². The minimum absolute atomic E-state index is 0.542. The number of halogens is 1. The highest BCUT2D eigenvalue weighted by molar-refractivity contribution is 6.32. The number of aromatic nitrogens is 1. The molecule has 2 rings (SSSR count). The zero-order valence-corrected chi connectivity index (χ0v) is 10.4. The summed E-state index contributed by atoms with van der Waals surface area (Å²) in [6.45, 7) is 5.59. The van der Waals surface area contributed by atoms with Crippen molar-refractivity contribution in [1.82, 2.24) is 9.88 Å². The van der Waals surface area contributed by atoms with Gasteiger partial charge in [-0.2, -0.15) is 0 Å². The van der Waals surface area contributed by atoms with Crippen LogP contribution < -0.4 is 5.32 Å². The summed E-state index contributed by atoms with van der Waals surface area (Å²) in [7, 11) is 0. The van der Waals surface area contributed by atoms with Crippen LogP contribution in [-0.2, 0) is 0 Å². The first-order valence-corrected chi connectivity index (χ1v) is 6.23. The molecule has 0 bridgehead atoms. The Bertz CT molecular complexity index is 337. The van der Waals surface area contributed by atoms with Gasteiger partial charge in [-0.1, -0.05) is 11.6 Å². The molecule has 1 aliphatic heterocycles. The van der Waals surface area contributed by atoms with Gasteiger partial charge in [0.2, 0.25) is 0 Å². The third kappa shape index (κ3) is 2.86. The summed E-state index contributed by atoms with van der Waals surface area (Å²) < 4.78 is 0. The van der Waals surface area contributed by atoms with E-state index in [0.717, 1.165) is 12.4 Å². The van der Waals surface area contributed by atoms with Crippen LogP contribution in [0.5, 0.6) is 0 Å². The summed E-state index contributed by atoms with van der Waals surface area (Å²) in [6, 6.07) is 4.25. The number of anilines is 1. The highest BCUT2D eigenvalue weighted by atomic mass is 35.5. The minimum atomic E-state index is 0.542. The monoisotopic (exact) mass is 239 g/mol. The first kappa shape index (κ1) is 11.7. The van der Waals surface area contributed by atoms with E-state index in [1.165, 1.54) is 25.9 Å². The molecule has 88 valence electrons. The fraction of sp³-hybridized carbons (Fsp3) is 0.583. The van der Waals surface area contributed by atoms with Crippen LogP contribution in [0.15, 0.2) is 18.3 Å². The smallest absolute Gasteiger partial charge is 0.144 e. The third-order valence-electron chi connectivity index (χ3n) is 3.09. The topological polar surface area (TPSA) is 28.2 Å². The lowest BCUT2D eigenvalue weighted by Gasteiger charge is -2.24. The van der Waals surface area contributed by atoms with E-state index in [1.54, 1.807) is 6.20 Å². The summed E-state index contributed by atoms with van der Waals surface area (Å²) in [5.74, 6) is 0.787. The van der Waals surface area contributed by atoms with Crippen LogP contribution in [0.25, 0.3) is 0 Å². The van der Waals surface area contributed by atoms with Gasteiger partial charge in [-0.25, -0.2) is 4.98 Å². The second-order valence-electron chi connectivity index (χ2n) is 4.31. The van der Waals surface area contributed by atoms with Gasteiger partial charge in [-0.15, -0.1) is 0 Å². The molecule has 4 heteroatoms. The van der Waals surface area contributed by atoms with Crippen LogP contribution in [-0.4, -0.2) is 35.6 Å². The lowest BCUT2D eigenvalue weighted by Crippen LogP contribution is -2.35. The van der Waals surface area contributed by atoms with Crippen molar-refractivity contribution in [2.45, 2.75) is 25.8 Å². The van der Waals surface area contributed by atoms with Gasteiger partial charge in [0.15, 0.2) is 0 Å². The van der Waals surface area contributed by atoms with Gasteiger partial charge in [-0.3, -0.25) is 4.90 Å². The molecule has 1 fully saturated rings. The number of nitrogens with zero attached hydrogens (tertiary/aromatic N) is 2. The van der Waals surface area contributed by atoms with E-state index >= 15 is 0 Å². The van der Waals surface area contributed by atoms with Gasteiger partial charge in [0.05, 0.1) is 5.02 Å². The SMILES string of the molecule is CC(CNc1ncccc1Cl)N1CCCC1. The molecule has 3 nitrogen and oxygen atoms in total. The molecule has 0 saturated carbocycles. The van der Waals surface area contributed by atoms with E-state index in [9.17, 15) is 0 Å². The molecule has 0 amide bonds. The number of rotatable bonds is 4. The standard InChI is InChI=1S/C12H18ClN3/c1-10(16-7-2-3-8-16)9-15-12-11(13)5-4-6-14-12/h4-6,10H,2-3,7-9H2,1H3,(H,14,15). The lowest BCUT2D eigenvalue weighted by atomic mass is 10.3. The predicted octanol–water partition coefficient (Wildman–Crippen LogP) is 2.63. The van der Waals surface area contributed by atoms with Crippen LogP contribution in [0.1, 0.15) is 19.8 Å². The molecule has 1 aliphatic rings. The van der Waals surface area contributed by atoms with Crippen molar-refractivity contribution in [3.05, 3.63) is 23.4 Å². The number of pyridine rings is 1. The maximum Gasteiger partial charge on any atom is 0.144 e. The number of hydrogen-bond donors (Lipinski definition) is 1. The van der Waals surface area contributed by atoms with Crippen molar-refractivity contribution in [1.29, 1.82) is 0 Å². The maximum atomic E-state index is 6.03. The van der Waals surface area contributed by atoms with E-state index in [1.807, 2.05) is 12.1 Å². The largest absolute Gasteiger partial charge is 0.367 e. The molecular formula is C12H18ClN3. The Morgan fingerprint density at radius 3 is 2.94 bits per heavy atom. The molecule has 0 aromatic carbocycles. The summed E-state index contributed by atoms with van der Waals surface area (Å²) in [4.78, 5) is 6.72. The second-order valence-corrected chi connectivity index (χ2v) is 4.71. The first-order valence-electron chi connectivity index (χ1n) is 5.86. The summed E-state index contributed by atoms with van der Waals surface area (Å²) >= 11 is 6.03. The number of hydrogen-bond acceptors (Lipinski definition) is 3. The molecular weight excluding hydrogens is 222 g/mol. The molecule has 2 heterocycles. The summed E-state index contributed by atoms with van der Waals surface area (Å²) in [5.41, 5.74) is 0. The Kier molecular flexibility index (Phi) is 4.02. The fourth-order valence-electron chi connectivity index (χ4n) is 2.07. The minimum Gasteiger partial charge on any atom is -0.367 e. The average Bonchev–Trinajstić information content (AvgIpc) is 2.81. The molecule has 0 aliphatic carbocycles. The van der Waals surface area contributed by atoms with E-state index in [0.29, 0.717) is 11.1 Å². The second kappa shape index (κ2) is 5.51. The Hall–Kier alpha value is -0.800. The van der Waals surface area contributed by atoms with Crippen molar-refractivity contribution >= 4 is 17.4 Å². The molecule has 0 radical (unpaired) electrons. The summed E-state index contributed by atoms with van der Waals surface area (Å²) in [6.07, 6.45) is 4.41. The molecule has 1 aromatic rings. The van der Waals surface area contributed by atoms with Gasteiger partial charge < -0.3 is 5.32 Å². The Morgan fingerprint density at radius 2 is 2.25 bits per heavy atom. The van der Waals surface area contributed by atoms with Crippen molar-refractivity contribution in [3.63, 3.8) is 0 Å². The molecule has 1 atom stereocenters. The van der Waals surface area contributed by atoms with Gasteiger partial charge >= 0.3 is 0 Å². The van der Waals surface area contributed by atoms with E-state index in [4.69, 9.17) is 11.6 Å². The number of nitrogens with one attached hydrogen (secondary N) is 1. The van der Waals surface area contributed by atoms with Crippen LogP contribution in [0.3, 0.4) is 0 Å². The van der Waals surface area contributed by atoms with E-state index in [-0.39, 0.29) is 0 Å². The zero-order chi connectivity index (χ0) is 11.4. The Morgan fingerprint density at radius 1 is 1.50 bits per heavy atom. The van der Waals surface area contributed by atoms with Crippen molar-refractivity contribution in [3.8, 4) is 0 Å². The Balaban J connectivity index is 1.84. The first-order chi connectivity index (χ1) is 7.77. The molecule has 1 unspecified atom stereocenters. The van der Waals surface area contributed by atoms with E-state index in [2.05, 4.69) is 22.1 Å². The fourth-order valence-corrected chi connectivity index (χ4v) is 2.26. The van der Waals surface area contributed by atoms with Gasteiger partial charge in [0, 0.05) is 18.8 Å². The highest BCUT2D eigenvalue weighted by Gasteiger charge is 2.17. The Labute approximate surface area is 102 Å². The number of likely N-dealkylation sites (tertiary alicyclic amines) is 1. The van der Waals surface area contributed by atoms with Gasteiger partial charge in [0.25, 0.3) is 0 Å². The van der Waals surface area contributed by atoms with Crippen LogP contribution >= 0.6 is 11.6 Å². The average molecular weight is 240 g/mol. The van der Waals surface area contributed by atoms with Gasteiger partial charge in [0.1, 0.15) is 5.82 Å². The zero-order valence-electron chi connectivity index (χ0n) is 9.62. The van der Waals surface area contributed by atoms with Crippen molar-refractivity contribution < 1.29 is 0 Å². The normalized spacial score (nSPS) is 18.6. The molecule has 0 spiro atoms. The lowest BCUT2D eigenvalue weighted by molar-refractivity contribution is 0.269. The molecule has 1 saturated heterocycles. The maximum absolute atomic E-state index is 6.03. The molecule has 1 aromatic heterocycles. The quantitative estimate of drug-likeness (QED) is 0.876.